The van der Waals surface area contributed by atoms with Crippen LogP contribution in [-0.2, 0) is 17.5 Å². The van der Waals surface area contributed by atoms with E-state index in [1.807, 2.05) is 0 Å². The number of aryl methyl sites for hydroxylation is 1. The highest BCUT2D eigenvalue weighted by molar-refractivity contribution is 9.10. The monoisotopic (exact) mass is 467 g/mol. The van der Waals surface area contributed by atoms with Gasteiger partial charge >= 0.3 is 6.18 Å². The number of hydrogen-bond donors (Lipinski definition) is 1. The number of rotatable bonds is 5. The van der Waals surface area contributed by atoms with Crippen LogP contribution >= 0.6 is 15.9 Å². The summed E-state index contributed by atoms with van der Waals surface area (Å²) in [5, 5.41) is 3.09. The lowest BCUT2D eigenvalue weighted by atomic mass is 10.0. The zero-order valence-electron chi connectivity index (χ0n) is 15.3. The molecule has 0 aliphatic heterocycles. The molecule has 0 fully saturated rings. The van der Waals surface area contributed by atoms with Crippen LogP contribution in [0.15, 0.2) is 58.1 Å². The van der Waals surface area contributed by atoms with Crippen molar-refractivity contribution in [2.24, 2.45) is 0 Å². The molecule has 0 aliphatic carbocycles. The van der Waals surface area contributed by atoms with Crippen LogP contribution in [0.1, 0.15) is 30.5 Å². The van der Waals surface area contributed by atoms with Gasteiger partial charge in [-0.1, -0.05) is 28.1 Å². The van der Waals surface area contributed by atoms with E-state index in [1.165, 1.54) is 23.0 Å². The Morgan fingerprint density at radius 2 is 2.00 bits per heavy atom. The second kappa shape index (κ2) is 8.36. The number of alkyl halides is 3. The third-order valence-electron chi connectivity index (χ3n) is 4.46. The molecule has 1 atom stereocenters. The number of fused-ring (bicyclic) bond motifs is 1. The van der Waals surface area contributed by atoms with Gasteiger partial charge in [-0.2, -0.15) is 13.2 Å². The van der Waals surface area contributed by atoms with Crippen LogP contribution in [0.3, 0.4) is 0 Å². The maximum Gasteiger partial charge on any atom is 0.416 e. The Kier molecular flexibility index (Phi) is 6.07. The van der Waals surface area contributed by atoms with Gasteiger partial charge in [0.15, 0.2) is 0 Å². The number of nitrogens with zero attached hydrogens (tertiary/aromatic N) is 2. The summed E-state index contributed by atoms with van der Waals surface area (Å²) in [4.78, 5) is 29.0. The zero-order valence-corrected chi connectivity index (χ0v) is 16.9. The number of carbonyl (C=O) groups excluding carboxylic acids is 1. The van der Waals surface area contributed by atoms with E-state index in [0.29, 0.717) is 16.5 Å². The lowest BCUT2D eigenvalue weighted by Crippen LogP contribution is -2.29. The van der Waals surface area contributed by atoms with Gasteiger partial charge in [0.1, 0.15) is 0 Å². The average molecular weight is 468 g/mol. The summed E-state index contributed by atoms with van der Waals surface area (Å²) >= 11 is 3.31. The third-order valence-corrected chi connectivity index (χ3v) is 4.95. The van der Waals surface area contributed by atoms with Gasteiger partial charge in [-0.25, -0.2) is 4.98 Å². The van der Waals surface area contributed by atoms with Gasteiger partial charge in [0, 0.05) is 17.4 Å². The van der Waals surface area contributed by atoms with E-state index in [-0.39, 0.29) is 24.4 Å². The predicted octanol–water partition coefficient (Wildman–Crippen LogP) is 4.45. The fourth-order valence-corrected chi connectivity index (χ4v) is 3.25. The molecule has 3 aromatic rings. The number of carbonyl (C=O) groups is 1. The quantitative estimate of drug-likeness (QED) is 0.602. The minimum absolute atomic E-state index is 0.00953. The predicted molar refractivity (Wildman–Crippen MR) is 106 cm³/mol. The summed E-state index contributed by atoms with van der Waals surface area (Å²) in [6.07, 6.45) is -3.08. The second-order valence-electron chi connectivity index (χ2n) is 6.57. The Balaban J connectivity index is 1.67. The highest BCUT2D eigenvalue weighted by atomic mass is 79.9. The van der Waals surface area contributed by atoms with Crippen molar-refractivity contribution in [2.75, 3.05) is 0 Å². The number of nitrogens with one attached hydrogen (secondary N) is 1. The van der Waals surface area contributed by atoms with Gasteiger partial charge < -0.3 is 5.32 Å². The van der Waals surface area contributed by atoms with Gasteiger partial charge in [-0.3, -0.25) is 14.2 Å². The van der Waals surface area contributed by atoms with E-state index in [4.69, 9.17) is 0 Å². The Hall–Kier alpha value is -2.68. The maximum atomic E-state index is 12.8. The molecule has 0 saturated heterocycles. The van der Waals surface area contributed by atoms with Crippen LogP contribution < -0.4 is 10.9 Å². The number of halogens is 4. The van der Waals surface area contributed by atoms with Crippen LogP contribution in [-0.4, -0.2) is 15.5 Å². The minimum atomic E-state index is -4.45. The molecule has 1 unspecified atom stereocenters. The number of amides is 1. The van der Waals surface area contributed by atoms with Gasteiger partial charge in [0.05, 0.1) is 28.8 Å². The summed E-state index contributed by atoms with van der Waals surface area (Å²) in [5.41, 5.74) is -0.134. The average Bonchev–Trinajstić information content (AvgIpc) is 2.67. The van der Waals surface area contributed by atoms with E-state index in [9.17, 15) is 22.8 Å². The van der Waals surface area contributed by atoms with E-state index in [2.05, 4.69) is 26.2 Å². The standard InChI is InChI=1S/C20H17BrF3N3O2/c1-12(13-3-2-4-14(9-13)20(22,23)24)26-18(28)7-8-27-11-25-17-6-5-15(21)10-16(17)19(27)29/h2-6,9-12H,7-8H2,1H3,(H,26,28). The fraction of sp³-hybridized carbons (Fsp3) is 0.250. The molecule has 2 aromatic carbocycles. The Morgan fingerprint density at radius 1 is 1.24 bits per heavy atom. The number of benzene rings is 2. The van der Waals surface area contributed by atoms with Crippen molar-refractivity contribution in [2.45, 2.75) is 32.1 Å². The molecule has 0 saturated carbocycles. The van der Waals surface area contributed by atoms with Gasteiger partial charge in [0.25, 0.3) is 5.56 Å². The van der Waals surface area contributed by atoms with Crippen molar-refractivity contribution in [3.05, 3.63) is 74.7 Å². The van der Waals surface area contributed by atoms with Crippen LogP contribution in [0, 0.1) is 0 Å². The lowest BCUT2D eigenvalue weighted by molar-refractivity contribution is -0.137. The van der Waals surface area contributed by atoms with Crippen LogP contribution in [0.4, 0.5) is 13.2 Å². The molecule has 0 aliphatic rings. The molecule has 3 rings (SSSR count). The molecule has 5 nitrogen and oxygen atoms in total. The molecular weight excluding hydrogens is 451 g/mol. The largest absolute Gasteiger partial charge is 0.416 e. The molecule has 1 aromatic heterocycles. The SMILES string of the molecule is CC(NC(=O)CCn1cnc2ccc(Br)cc2c1=O)c1cccc(C(F)(F)F)c1. The zero-order chi connectivity index (χ0) is 21.2. The smallest absolute Gasteiger partial charge is 0.350 e. The van der Waals surface area contributed by atoms with Gasteiger partial charge in [-0.15, -0.1) is 0 Å². The molecule has 1 heterocycles. The molecule has 29 heavy (non-hydrogen) atoms. The fourth-order valence-electron chi connectivity index (χ4n) is 2.89. The van der Waals surface area contributed by atoms with E-state index in [0.717, 1.165) is 16.6 Å². The van der Waals surface area contributed by atoms with Crippen molar-refractivity contribution in [1.82, 2.24) is 14.9 Å². The molecule has 9 heteroatoms. The van der Waals surface area contributed by atoms with Crippen molar-refractivity contribution in [1.29, 1.82) is 0 Å². The first-order chi connectivity index (χ1) is 13.6. The lowest BCUT2D eigenvalue weighted by Gasteiger charge is -2.16. The Bertz CT molecular complexity index is 1110. The molecule has 0 radical (unpaired) electrons. The van der Waals surface area contributed by atoms with Crippen LogP contribution in [0.2, 0.25) is 0 Å². The van der Waals surface area contributed by atoms with E-state index >= 15 is 0 Å². The van der Waals surface area contributed by atoms with Crippen LogP contribution in [0.25, 0.3) is 10.9 Å². The first kappa shape index (κ1) is 21.0. The summed E-state index contributed by atoms with van der Waals surface area (Å²) in [5.74, 6) is -0.379. The third kappa shape index (κ3) is 5.03. The van der Waals surface area contributed by atoms with Crippen molar-refractivity contribution in [3.63, 3.8) is 0 Å². The van der Waals surface area contributed by atoms with E-state index < -0.39 is 17.8 Å². The highest BCUT2D eigenvalue weighted by Crippen LogP contribution is 2.30. The number of hydrogen-bond acceptors (Lipinski definition) is 3. The van der Waals surface area contributed by atoms with E-state index in [1.54, 1.807) is 25.1 Å². The second-order valence-corrected chi connectivity index (χ2v) is 7.48. The topological polar surface area (TPSA) is 64.0 Å². The minimum Gasteiger partial charge on any atom is -0.350 e. The molecular formula is C20H17BrF3N3O2. The number of aromatic nitrogens is 2. The first-order valence-corrected chi connectivity index (χ1v) is 9.55. The molecule has 1 amide bonds. The normalized spacial score (nSPS) is 12.7. The summed E-state index contributed by atoms with van der Waals surface area (Å²) in [6, 6.07) is 9.38. The molecule has 0 bridgehead atoms. The van der Waals surface area contributed by atoms with Crippen molar-refractivity contribution >= 4 is 32.7 Å². The Morgan fingerprint density at radius 3 is 2.72 bits per heavy atom. The molecule has 0 spiro atoms. The van der Waals surface area contributed by atoms with Gasteiger partial charge in [-0.05, 0) is 42.8 Å². The summed E-state index contributed by atoms with van der Waals surface area (Å²) in [7, 11) is 0. The van der Waals surface area contributed by atoms with Gasteiger partial charge in [0.2, 0.25) is 5.91 Å². The highest BCUT2D eigenvalue weighted by Gasteiger charge is 2.30. The molecule has 152 valence electrons. The first-order valence-electron chi connectivity index (χ1n) is 8.76. The van der Waals surface area contributed by atoms with Crippen LogP contribution in [0.5, 0.6) is 0 Å². The Labute approximate surface area is 172 Å². The summed E-state index contributed by atoms with van der Waals surface area (Å²) < 4.78 is 40.6. The maximum absolute atomic E-state index is 12.8. The van der Waals surface area contributed by atoms with Crippen molar-refractivity contribution < 1.29 is 18.0 Å². The summed E-state index contributed by atoms with van der Waals surface area (Å²) in [6.45, 7) is 1.71. The van der Waals surface area contributed by atoms with Crippen molar-refractivity contribution in [3.8, 4) is 0 Å². The molecule has 1 N–H and O–H groups in total.